The first kappa shape index (κ1) is 20.3. The molecule has 6 heteroatoms. The van der Waals surface area contributed by atoms with E-state index in [9.17, 15) is 4.79 Å². The lowest BCUT2D eigenvalue weighted by Crippen LogP contribution is -2.34. The van der Waals surface area contributed by atoms with Crippen molar-refractivity contribution in [3.63, 3.8) is 0 Å². The molecule has 4 nitrogen and oxygen atoms in total. The van der Waals surface area contributed by atoms with Gasteiger partial charge in [0.2, 0.25) is 0 Å². The molecule has 1 N–H and O–H groups in total. The highest BCUT2D eigenvalue weighted by molar-refractivity contribution is 6.35. The third kappa shape index (κ3) is 6.04. The molecule has 26 heavy (non-hydrogen) atoms. The van der Waals surface area contributed by atoms with Gasteiger partial charge in [0.15, 0.2) is 6.10 Å². The van der Waals surface area contributed by atoms with Gasteiger partial charge in [0, 0.05) is 5.02 Å². The third-order valence-electron chi connectivity index (χ3n) is 3.58. The number of nitrogens with one attached hydrogen (secondary N) is 1. The Bertz CT molecular complexity index is 777. The van der Waals surface area contributed by atoms with Crippen LogP contribution in [0, 0.1) is 5.92 Å². The number of rotatable bonds is 7. The first-order chi connectivity index (χ1) is 12.4. The van der Waals surface area contributed by atoms with Crippen molar-refractivity contribution in [1.29, 1.82) is 0 Å². The number of halogens is 2. The van der Waals surface area contributed by atoms with Crippen LogP contribution in [0.3, 0.4) is 0 Å². The lowest BCUT2D eigenvalue weighted by molar-refractivity contribution is -0.127. The number of nitrogens with zero attached hydrogens (tertiary/aromatic N) is 1. The standard InChI is InChI=1S/C20H22Cl2N2O2/c1-13(2)11-18(15-7-5-4-6-8-15)23-24-20(25)14(3)26-19-10-9-16(21)12-17(19)22/h4-10,12-14H,11H2,1-3H3,(H,24,25). The Hall–Kier alpha value is -2.04. The Morgan fingerprint density at radius 2 is 1.81 bits per heavy atom. The molecule has 1 atom stereocenters. The second-order valence-electron chi connectivity index (χ2n) is 6.33. The Balaban J connectivity index is 2.06. The smallest absolute Gasteiger partial charge is 0.280 e. The lowest BCUT2D eigenvalue weighted by atomic mass is 10.0. The van der Waals surface area contributed by atoms with E-state index in [1.54, 1.807) is 25.1 Å². The fraction of sp³-hybridized carbons (Fsp3) is 0.300. The summed E-state index contributed by atoms with van der Waals surface area (Å²) >= 11 is 11.9. The van der Waals surface area contributed by atoms with Gasteiger partial charge in [0.25, 0.3) is 5.91 Å². The van der Waals surface area contributed by atoms with Gasteiger partial charge in [-0.15, -0.1) is 0 Å². The van der Waals surface area contributed by atoms with Crippen LogP contribution in [0.1, 0.15) is 32.8 Å². The molecular formula is C20H22Cl2N2O2. The zero-order valence-electron chi connectivity index (χ0n) is 15.0. The molecule has 0 radical (unpaired) electrons. The highest BCUT2D eigenvalue weighted by atomic mass is 35.5. The summed E-state index contributed by atoms with van der Waals surface area (Å²) < 4.78 is 5.61. The molecule has 0 saturated heterocycles. The fourth-order valence-electron chi connectivity index (χ4n) is 2.27. The number of hydrazone groups is 1. The number of amides is 1. The van der Waals surface area contributed by atoms with Crippen LogP contribution in [0.4, 0.5) is 0 Å². The monoisotopic (exact) mass is 392 g/mol. The fourth-order valence-corrected chi connectivity index (χ4v) is 2.73. The van der Waals surface area contributed by atoms with Gasteiger partial charge in [-0.1, -0.05) is 67.4 Å². The van der Waals surface area contributed by atoms with Crippen LogP contribution in [-0.2, 0) is 4.79 Å². The predicted molar refractivity (Wildman–Crippen MR) is 107 cm³/mol. The summed E-state index contributed by atoms with van der Waals surface area (Å²) in [5.41, 5.74) is 4.40. The molecule has 0 aromatic heterocycles. The summed E-state index contributed by atoms with van der Waals surface area (Å²) in [4.78, 5) is 12.3. The number of ether oxygens (including phenoxy) is 1. The van der Waals surface area contributed by atoms with Gasteiger partial charge >= 0.3 is 0 Å². The average Bonchev–Trinajstić information content (AvgIpc) is 2.61. The summed E-state index contributed by atoms with van der Waals surface area (Å²) in [6, 6.07) is 14.6. The molecule has 138 valence electrons. The summed E-state index contributed by atoms with van der Waals surface area (Å²) in [7, 11) is 0. The second kappa shape index (κ2) is 9.60. The minimum Gasteiger partial charge on any atom is -0.479 e. The van der Waals surface area contributed by atoms with E-state index < -0.39 is 6.10 Å². The molecule has 1 amide bonds. The van der Waals surface area contributed by atoms with Crippen molar-refractivity contribution in [3.05, 3.63) is 64.1 Å². The van der Waals surface area contributed by atoms with Crippen LogP contribution in [0.5, 0.6) is 5.75 Å². The molecule has 0 aliphatic heterocycles. The minimum absolute atomic E-state index is 0.352. The van der Waals surface area contributed by atoms with Crippen LogP contribution in [-0.4, -0.2) is 17.7 Å². The van der Waals surface area contributed by atoms with Crippen molar-refractivity contribution in [3.8, 4) is 5.75 Å². The first-order valence-corrected chi connectivity index (χ1v) is 9.16. The molecule has 0 heterocycles. The number of carbonyl (C=O) groups is 1. The van der Waals surface area contributed by atoms with E-state index >= 15 is 0 Å². The number of hydrogen-bond acceptors (Lipinski definition) is 3. The largest absolute Gasteiger partial charge is 0.479 e. The third-order valence-corrected chi connectivity index (χ3v) is 4.11. The predicted octanol–water partition coefficient (Wildman–Crippen LogP) is 5.33. The van der Waals surface area contributed by atoms with Crippen molar-refractivity contribution in [1.82, 2.24) is 5.43 Å². The molecule has 0 saturated carbocycles. The van der Waals surface area contributed by atoms with Crippen molar-refractivity contribution < 1.29 is 9.53 Å². The van der Waals surface area contributed by atoms with E-state index in [2.05, 4.69) is 24.4 Å². The molecule has 2 aromatic carbocycles. The Kier molecular flexibility index (Phi) is 7.49. The molecule has 0 spiro atoms. The highest BCUT2D eigenvalue weighted by Gasteiger charge is 2.16. The van der Waals surface area contributed by atoms with Gasteiger partial charge in [-0.05, 0) is 43.0 Å². The SMILES string of the molecule is CC(C)CC(=NNC(=O)C(C)Oc1ccc(Cl)cc1Cl)c1ccccc1. The minimum atomic E-state index is -0.756. The van der Waals surface area contributed by atoms with Crippen molar-refractivity contribution in [2.24, 2.45) is 11.0 Å². The van der Waals surface area contributed by atoms with Crippen molar-refractivity contribution in [2.45, 2.75) is 33.3 Å². The van der Waals surface area contributed by atoms with Crippen molar-refractivity contribution in [2.75, 3.05) is 0 Å². The second-order valence-corrected chi connectivity index (χ2v) is 7.18. The van der Waals surface area contributed by atoms with E-state index in [0.29, 0.717) is 21.7 Å². The number of benzene rings is 2. The van der Waals surface area contributed by atoms with Gasteiger partial charge in [0.1, 0.15) is 5.75 Å². The van der Waals surface area contributed by atoms with Crippen LogP contribution < -0.4 is 10.2 Å². The number of hydrogen-bond donors (Lipinski definition) is 1. The van der Waals surface area contributed by atoms with Crippen LogP contribution in [0.25, 0.3) is 0 Å². The average molecular weight is 393 g/mol. The molecule has 1 unspecified atom stereocenters. The van der Waals surface area contributed by atoms with Gasteiger partial charge < -0.3 is 4.74 Å². The summed E-state index contributed by atoms with van der Waals surface area (Å²) in [6.07, 6.45) is -0.00350. The van der Waals surface area contributed by atoms with Gasteiger partial charge in [-0.25, -0.2) is 5.43 Å². The molecule has 2 aromatic rings. The first-order valence-electron chi connectivity index (χ1n) is 8.40. The molecule has 0 bridgehead atoms. The maximum atomic E-state index is 12.3. The van der Waals surface area contributed by atoms with Gasteiger partial charge in [-0.3, -0.25) is 4.79 Å². The Morgan fingerprint density at radius 1 is 1.12 bits per heavy atom. The van der Waals surface area contributed by atoms with E-state index in [1.807, 2.05) is 30.3 Å². The molecule has 0 aliphatic carbocycles. The quantitative estimate of drug-likeness (QED) is 0.511. The van der Waals surface area contributed by atoms with Crippen LogP contribution >= 0.6 is 23.2 Å². The van der Waals surface area contributed by atoms with Crippen molar-refractivity contribution >= 4 is 34.8 Å². The van der Waals surface area contributed by atoms with E-state index in [1.165, 1.54) is 0 Å². The van der Waals surface area contributed by atoms with E-state index in [4.69, 9.17) is 27.9 Å². The van der Waals surface area contributed by atoms with Gasteiger partial charge in [0.05, 0.1) is 10.7 Å². The van der Waals surface area contributed by atoms with Gasteiger partial charge in [-0.2, -0.15) is 5.10 Å². The highest BCUT2D eigenvalue weighted by Crippen LogP contribution is 2.28. The molecular weight excluding hydrogens is 371 g/mol. The van der Waals surface area contributed by atoms with E-state index in [-0.39, 0.29) is 5.91 Å². The molecule has 0 fully saturated rings. The lowest BCUT2D eigenvalue weighted by Gasteiger charge is -2.15. The normalized spacial score (nSPS) is 12.8. The Labute approximate surface area is 164 Å². The summed E-state index contributed by atoms with van der Waals surface area (Å²) in [5, 5.41) is 5.17. The van der Waals surface area contributed by atoms with E-state index in [0.717, 1.165) is 17.7 Å². The number of carbonyl (C=O) groups excluding carboxylic acids is 1. The zero-order chi connectivity index (χ0) is 19.1. The maximum absolute atomic E-state index is 12.3. The topological polar surface area (TPSA) is 50.7 Å². The van der Waals surface area contributed by atoms with Crippen LogP contribution in [0.15, 0.2) is 53.6 Å². The summed E-state index contributed by atoms with van der Waals surface area (Å²) in [5.74, 6) is 0.453. The zero-order valence-corrected chi connectivity index (χ0v) is 16.5. The maximum Gasteiger partial charge on any atom is 0.280 e. The molecule has 0 aliphatic rings. The Morgan fingerprint density at radius 3 is 2.42 bits per heavy atom. The molecule has 2 rings (SSSR count). The summed E-state index contributed by atoms with van der Waals surface area (Å²) in [6.45, 7) is 5.85. The van der Waals surface area contributed by atoms with Crippen LogP contribution in [0.2, 0.25) is 10.0 Å².